The molecule has 6 atom stereocenters. The maximum Gasteiger partial charge on any atom is 0.416 e. The number of ether oxygens (including phenoxy) is 4. The standard InChI is InChI=1S/C26H28F6N4O2.C26H31F3N4O2.CH4/c1-18(19-10-21(25(27,28)29)12-22(11-19)26(30,31)32)38-15-24(20-6-4-3-5-7-20)9-8-23(13-33-24,14-37-2)36-16-34-35-17-36;1-19-11-21(13-23(12-19)26(27,28)29)20(2)35-16-25(22-7-5-4-6-8-22)10-9-24(14-30-25,15-34-3)33-17-31-32-18-33;/h3-7,10-12,16-18,33H,8-9,13-15H2,1-2H3;4-8,11-13,17-18,20,30H,9-10,14-16H2,1-3H3;1H4/t18-,23+,24-;20-,24-,25-;/m11./s1. The zero-order chi connectivity index (χ0) is 52.7. The first-order chi connectivity index (χ1) is 34.6. The summed E-state index contributed by atoms with van der Waals surface area (Å²) < 4.78 is 147. The van der Waals surface area contributed by atoms with Gasteiger partial charge in [-0.2, -0.15) is 39.5 Å². The number of benzene rings is 4. The Kier molecular flexibility index (Phi) is 18.2. The molecule has 2 aliphatic heterocycles. The van der Waals surface area contributed by atoms with Crippen molar-refractivity contribution >= 4 is 0 Å². The van der Waals surface area contributed by atoms with Crippen LogP contribution in [0.15, 0.2) is 122 Å². The number of methoxy groups -OCH3 is 2. The highest BCUT2D eigenvalue weighted by molar-refractivity contribution is 5.36. The van der Waals surface area contributed by atoms with Crippen LogP contribution in [0.5, 0.6) is 0 Å². The number of aryl methyl sites for hydroxylation is 1. The number of nitrogens with one attached hydrogen (secondary N) is 2. The number of aromatic nitrogens is 6. The highest BCUT2D eigenvalue weighted by atomic mass is 19.4. The zero-order valence-corrected chi connectivity index (χ0v) is 41.0. The van der Waals surface area contributed by atoms with Crippen molar-refractivity contribution in [3.05, 3.63) is 167 Å². The van der Waals surface area contributed by atoms with Gasteiger partial charge in [-0.1, -0.05) is 79.7 Å². The maximum absolute atomic E-state index is 13.4. The second-order valence-electron chi connectivity index (χ2n) is 19.0. The Morgan fingerprint density at radius 1 is 0.514 bits per heavy atom. The predicted octanol–water partition coefficient (Wildman–Crippen LogP) is 11.4. The lowest BCUT2D eigenvalue weighted by atomic mass is 9.76. The highest BCUT2D eigenvalue weighted by Crippen LogP contribution is 2.43. The van der Waals surface area contributed by atoms with Crippen LogP contribution in [-0.4, -0.2) is 83.3 Å². The van der Waals surface area contributed by atoms with Gasteiger partial charge < -0.3 is 38.7 Å². The van der Waals surface area contributed by atoms with Crippen molar-refractivity contribution in [2.24, 2.45) is 0 Å². The van der Waals surface area contributed by atoms with Crippen LogP contribution in [0.2, 0.25) is 0 Å². The van der Waals surface area contributed by atoms with Crippen LogP contribution >= 0.6 is 0 Å². The molecule has 0 spiro atoms. The molecule has 0 bridgehead atoms. The molecule has 12 nitrogen and oxygen atoms in total. The molecule has 2 saturated heterocycles. The summed E-state index contributed by atoms with van der Waals surface area (Å²) in [7, 11) is 3.27. The number of halogens is 9. The lowest BCUT2D eigenvalue weighted by molar-refractivity contribution is -0.143. The Morgan fingerprint density at radius 2 is 0.865 bits per heavy atom. The van der Waals surface area contributed by atoms with E-state index in [0.717, 1.165) is 30.0 Å². The molecule has 0 saturated carbocycles. The summed E-state index contributed by atoms with van der Waals surface area (Å²) in [6.45, 7) is 7.13. The summed E-state index contributed by atoms with van der Waals surface area (Å²) >= 11 is 0. The number of hydrogen-bond acceptors (Lipinski definition) is 10. The summed E-state index contributed by atoms with van der Waals surface area (Å²) in [5.41, 5.74) is -2.65. The van der Waals surface area contributed by atoms with E-state index in [4.69, 9.17) is 18.9 Å². The normalized spacial score (nSPS) is 23.3. The number of piperidine rings is 2. The van der Waals surface area contributed by atoms with E-state index >= 15 is 0 Å². The summed E-state index contributed by atoms with van der Waals surface area (Å²) in [5, 5.41) is 23.0. The van der Waals surface area contributed by atoms with E-state index in [9.17, 15) is 39.5 Å². The van der Waals surface area contributed by atoms with Gasteiger partial charge in [0, 0.05) is 27.3 Å². The van der Waals surface area contributed by atoms with Crippen molar-refractivity contribution in [3.63, 3.8) is 0 Å². The summed E-state index contributed by atoms with van der Waals surface area (Å²) in [4.78, 5) is 0. The quantitative estimate of drug-likeness (QED) is 0.0906. The van der Waals surface area contributed by atoms with Crippen molar-refractivity contribution < 1.29 is 58.5 Å². The van der Waals surface area contributed by atoms with Crippen LogP contribution in [0.4, 0.5) is 39.5 Å². The van der Waals surface area contributed by atoms with E-state index in [0.29, 0.717) is 69.0 Å². The van der Waals surface area contributed by atoms with E-state index in [2.05, 4.69) is 43.2 Å². The van der Waals surface area contributed by atoms with Crippen molar-refractivity contribution in [1.82, 2.24) is 40.2 Å². The Labute approximate surface area is 425 Å². The summed E-state index contributed by atoms with van der Waals surface area (Å²) in [6, 6.07) is 25.0. The van der Waals surface area contributed by atoms with Crippen LogP contribution < -0.4 is 10.6 Å². The van der Waals surface area contributed by atoms with Gasteiger partial charge in [-0.05, 0) is 99.0 Å². The number of alkyl halides is 9. The molecular formula is C53H63F9N8O4. The van der Waals surface area contributed by atoms with Crippen LogP contribution in [0.1, 0.15) is 104 Å². The molecule has 2 N–H and O–H groups in total. The Balaban J connectivity index is 0.000000238. The van der Waals surface area contributed by atoms with Crippen molar-refractivity contribution in [3.8, 4) is 0 Å². The first-order valence-electron chi connectivity index (χ1n) is 23.6. The van der Waals surface area contributed by atoms with Gasteiger partial charge in [0.1, 0.15) is 25.3 Å². The van der Waals surface area contributed by atoms with Gasteiger partial charge >= 0.3 is 18.5 Å². The third-order valence-electron chi connectivity index (χ3n) is 14.1. The topological polar surface area (TPSA) is 122 Å². The van der Waals surface area contributed by atoms with Gasteiger partial charge in [0.25, 0.3) is 0 Å². The number of rotatable bonds is 16. The van der Waals surface area contributed by atoms with Gasteiger partial charge in [-0.25, -0.2) is 0 Å². The minimum atomic E-state index is -4.93. The molecule has 0 amide bonds. The molecule has 8 rings (SSSR count). The van der Waals surface area contributed by atoms with Gasteiger partial charge in [0.15, 0.2) is 0 Å². The Bertz CT molecular complexity index is 2620. The van der Waals surface area contributed by atoms with Gasteiger partial charge in [0.05, 0.1) is 77.5 Å². The highest BCUT2D eigenvalue weighted by Gasteiger charge is 2.47. The Hall–Kier alpha value is -5.71. The molecule has 0 unspecified atom stereocenters. The second kappa shape index (κ2) is 23.5. The van der Waals surface area contributed by atoms with Crippen molar-refractivity contribution in [2.45, 2.75) is 107 Å². The molecule has 2 aliphatic rings. The molecule has 74 heavy (non-hydrogen) atoms. The van der Waals surface area contributed by atoms with Crippen LogP contribution in [0.25, 0.3) is 0 Å². The van der Waals surface area contributed by atoms with Gasteiger partial charge in [-0.15, -0.1) is 20.4 Å². The lowest BCUT2D eigenvalue weighted by Gasteiger charge is -2.48. The number of hydrogen-bond donors (Lipinski definition) is 2. The van der Waals surface area contributed by atoms with Crippen molar-refractivity contribution in [1.29, 1.82) is 0 Å². The molecule has 2 fully saturated rings. The summed E-state index contributed by atoms with van der Waals surface area (Å²) in [5.74, 6) is 0. The van der Waals surface area contributed by atoms with E-state index < -0.39 is 64.0 Å². The molecule has 0 radical (unpaired) electrons. The molecule has 0 aliphatic carbocycles. The fourth-order valence-electron chi connectivity index (χ4n) is 9.75. The van der Waals surface area contributed by atoms with Crippen LogP contribution in [0.3, 0.4) is 0 Å². The van der Waals surface area contributed by atoms with Crippen LogP contribution in [0, 0.1) is 6.92 Å². The third-order valence-corrected chi connectivity index (χ3v) is 14.1. The molecule has 4 aromatic carbocycles. The SMILES string of the molecule is C.COC[C@@]1(n2cnnc2)CC[C@@](CO[C@H](C)c2cc(C)cc(C(F)(F)F)c2)(c2ccccc2)NC1.COC[C@]1(n2cnnc2)CC[C@@](CO[C@H](C)c2cc(C(F)(F)F)cc(C(F)(F)F)c2)(c2ccccc2)NC1. The first kappa shape index (κ1) is 57.6. The average molecular weight is 1050 g/mol. The summed E-state index contributed by atoms with van der Waals surface area (Å²) in [6.07, 6.45) is -6.51. The monoisotopic (exact) mass is 1050 g/mol. The lowest BCUT2D eigenvalue weighted by Crippen LogP contribution is -2.60. The largest absolute Gasteiger partial charge is 0.416 e. The molecule has 2 aromatic heterocycles. The maximum atomic E-state index is 13.4. The van der Waals surface area contributed by atoms with E-state index in [1.165, 1.54) is 13.0 Å². The van der Waals surface area contributed by atoms with E-state index in [-0.39, 0.29) is 31.2 Å². The zero-order valence-electron chi connectivity index (χ0n) is 41.0. The van der Waals surface area contributed by atoms with Gasteiger partial charge in [-0.3, -0.25) is 0 Å². The molecule has 21 heteroatoms. The number of nitrogens with zero attached hydrogens (tertiary/aromatic N) is 6. The molecular weight excluding hydrogens is 984 g/mol. The molecule has 6 aromatic rings. The fourth-order valence-corrected chi connectivity index (χ4v) is 9.75. The smallest absolute Gasteiger partial charge is 0.382 e. The van der Waals surface area contributed by atoms with Crippen molar-refractivity contribution in [2.75, 3.05) is 53.7 Å². The minimum absolute atomic E-state index is 0. The van der Waals surface area contributed by atoms with E-state index in [1.807, 2.05) is 57.7 Å². The average Bonchev–Trinajstić information content (AvgIpc) is 4.13. The predicted molar refractivity (Wildman–Crippen MR) is 259 cm³/mol. The minimum Gasteiger partial charge on any atom is -0.382 e. The third kappa shape index (κ3) is 13.2. The Morgan fingerprint density at radius 3 is 1.19 bits per heavy atom. The second-order valence-corrected chi connectivity index (χ2v) is 19.0. The van der Waals surface area contributed by atoms with Gasteiger partial charge in [0.2, 0.25) is 0 Å². The first-order valence-corrected chi connectivity index (χ1v) is 23.6. The molecule has 4 heterocycles. The van der Waals surface area contributed by atoms with Crippen LogP contribution in [-0.2, 0) is 59.6 Å². The molecule has 402 valence electrons. The van der Waals surface area contributed by atoms with E-state index in [1.54, 1.807) is 59.4 Å². The fraction of sp³-hybridized carbons (Fsp3) is 0.472.